The van der Waals surface area contributed by atoms with Gasteiger partial charge in [0.2, 0.25) is 10.0 Å². The molecule has 0 spiro atoms. The number of nitrogens with zero attached hydrogens (tertiary/aromatic N) is 1. The molecule has 2 aromatic rings. The van der Waals surface area contributed by atoms with E-state index in [9.17, 15) is 26.4 Å². The second-order valence-corrected chi connectivity index (χ2v) is 9.67. The molecule has 1 heterocycles. The van der Waals surface area contributed by atoms with Crippen LogP contribution in [0.25, 0.3) is 0 Å². The van der Waals surface area contributed by atoms with Gasteiger partial charge in [0.25, 0.3) is 5.91 Å². The largest absolute Gasteiger partial charge is 0.495 e. The molecule has 1 fully saturated rings. The minimum Gasteiger partial charge on any atom is -0.495 e. The molecule has 174 valence electrons. The number of carbonyl (C=O) groups is 1. The first-order chi connectivity index (χ1) is 15.0. The average molecular weight is 491 g/mol. The van der Waals surface area contributed by atoms with Crippen LogP contribution in [0.3, 0.4) is 0 Å². The molecular formula is C21H22ClF3N2O4S. The fourth-order valence-electron chi connectivity index (χ4n) is 3.50. The Hall–Kier alpha value is -2.30. The Morgan fingerprint density at radius 3 is 2.31 bits per heavy atom. The third-order valence-corrected chi connectivity index (χ3v) is 7.30. The fourth-order valence-corrected chi connectivity index (χ4v) is 5.37. The smallest absolute Gasteiger partial charge is 0.418 e. The molecule has 2 aromatic carbocycles. The van der Waals surface area contributed by atoms with E-state index in [1.165, 1.54) is 29.6 Å². The van der Waals surface area contributed by atoms with E-state index >= 15 is 0 Å². The van der Waals surface area contributed by atoms with Crippen LogP contribution in [-0.4, -0.2) is 38.8 Å². The molecule has 0 radical (unpaired) electrons. The molecule has 0 aliphatic carbocycles. The zero-order chi connectivity index (χ0) is 23.5. The molecule has 1 N–H and O–H groups in total. The Morgan fingerprint density at radius 1 is 1.06 bits per heavy atom. The number of benzene rings is 2. The van der Waals surface area contributed by atoms with Crippen molar-refractivity contribution in [3.63, 3.8) is 0 Å². The second kappa shape index (κ2) is 9.68. The highest BCUT2D eigenvalue weighted by Gasteiger charge is 2.34. The lowest BCUT2D eigenvalue weighted by Gasteiger charge is -2.21. The number of ether oxygens (including phenoxy) is 1. The lowest BCUT2D eigenvalue weighted by molar-refractivity contribution is -0.136. The highest BCUT2D eigenvalue weighted by atomic mass is 35.5. The fraction of sp³-hybridized carbons (Fsp3) is 0.381. The van der Waals surface area contributed by atoms with Crippen LogP contribution in [0.15, 0.2) is 41.3 Å². The Morgan fingerprint density at radius 2 is 1.72 bits per heavy atom. The minimum atomic E-state index is -4.74. The molecule has 1 saturated heterocycles. The van der Waals surface area contributed by atoms with Crippen LogP contribution in [-0.2, 0) is 16.2 Å². The number of halogens is 4. The van der Waals surface area contributed by atoms with Crippen molar-refractivity contribution >= 4 is 33.2 Å². The van der Waals surface area contributed by atoms with E-state index in [0.717, 1.165) is 37.8 Å². The summed E-state index contributed by atoms with van der Waals surface area (Å²) >= 11 is 5.67. The first kappa shape index (κ1) is 24.3. The van der Waals surface area contributed by atoms with Crippen molar-refractivity contribution in [3.05, 3.63) is 52.5 Å². The van der Waals surface area contributed by atoms with Gasteiger partial charge in [0, 0.05) is 23.7 Å². The molecule has 0 bridgehead atoms. The van der Waals surface area contributed by atoms with Crippen LogP contribution in [0.1, 0.15) is 41.6 Å². The number of hydrogen-bond acceptors (Lipinski definition) is 4. The first-order valence-corrected chi connectivity index (χ1v) is 11.7. The molecular weight excluding hydrogens is 469 g/mol. The zero-order valence-electron chi connectivity index (χ0n) is 17.2. The summed E-state index contributed by atoms with van der Waals surface area (Å²) in [5.74, 6) is -0.846. The van der Waals surface area contributed by atoms with E-state index in [4.69, 9.17) is 16.3 Å². The van der Waals surface area contributed by atoms with E-state index in [1.807, 2.05) is 0 Å². The lowest BCUT2D eigenvalue weighted by atomic mass is 10.1. The first-order valence-electron chi connectivity index (χ1n) is 9.90. The third-order valence-electron chi connectivity index (χ3n) is 5.14. The van der Waals surface area contributed by atoms with Crippen LogP contribution in [0.2, 0.25) is 5.02 Å². The van der Waals surface area contributed by atoms with Crippen LogP contribution >= 0.6 is 11.6 Å². The molecule has 0 atom stereocenters. The summed E-state index contributed by atoms with van der Waals surface area (Å²) in [5, 5.41) is 2.07. The topological polar surface area (TPSA) is 75.7 Å². The molecule has 0 saturated carbocycles. The molecule has 11 heteroatoms. The van der Waals surface area contributed by atoms with Gasteiger partial charge in [0.1, 0.15) is 10.6 Å². The normalized spacial score (nSPS) is 15.8. The Kier molecular flexibility index (Phi) is 7.36. The Balaban J connectivity index is 1.96. The van der Waals surface area contributed by atoms with Crippen LogP contribution in [0.5, 0.6) is 5.75 Å². The molecule has 6 nitrogen and oxygen atoms in total. The number of sulfonamides is 1. The number of carbonyl (C=O) groups excluding carboxylic acids is 1. The van der Waals surface area contributed by atoms with E-state index in [0.29, 0.717) is 19.2 Å². The quantitative estimate of drug-likeness (QED) is 0.626. The maximum absolute atomic E-state index is 13.3. The standard InChI is InChI=1S/C21H22ClF3N2O4S/c1-31-18-9-6-14(12-19(18)32(29,30)27-10-4-2-3-5-11-27)20(28)26-17-8-7-15(22)13-16(17)21(23,24)25/h6-9,12-13H,2-5,10-11H2,1H3,(H,26,28). The monoisotopic (exact) mass is 490 g/mol. The van der Waals surface area contributed by atoms with Gasteiger partial charge < -0.3 is 10.1 Å². The van der Waals surface area contributed by atoms with Gasteiger partial charge in [0.15, 0.2) is 0 Å². The minimum absolute atomic E-state index is 0.0493. The van der Waals surface area contributed by atoms with Crippen LogP contribution in [0.4, 0.5) is 18.9 Å². The number of amides is 1. The van der Waals surface area contributed by atoms with Gasteiger partial charge in [-0.1, -0.05) is 24.4 Å². The lowest BCUT2D eigenvalue weighted by Crippen LogP contribution is -2.32. The van der Waals surface area contributed by atoms with Crippen molar-refractivity contribution in [2.24, 2.45) is 0 Å². The van der Waals surface area contributed by atoms with Crippen LogP contribution < -0.4 is 10.1 Å². The van der Waals surface area contributed by atoms with Gasteiger partial charge in [-0.25, -0.2) is 8.42 Å². The van der Waals surface area contributed by atoms with Crippen molar-refractivity contribution in [1.29, 1.82) is 0 Å². The van der Waals surface area contributed by atoms with Crippen molar-refractivity contribution in [2.75, 3.05) is 25.5 Å². The zero-order valence-corrected chi connectivity index (χ0v) is 18.8. The molecule has 1 aliphatic heterocycles. The summed E-state index contributed by atoms with van der Waals surface area (Å²) in [6.07, 6.45) is -1.45. The van der Waals surface area contributed by atoms with Gasteiger partial charge in [-0.05, 0) is 49.2 Å². The number of alkyl halides is 3. The maximum Gasteiger partial charge on any atom is 0.418 e. The summed E-state index contributed by atoms with van der Waals surface area (Å²) in [6.45, 7) is 0.698. The molecule has 3 rings (SSSR count). The van der Waals surface area contributed by atoms with E-state index in [1.54, 1.807) is 0 Å². The molecule has 0 aromatic heterocycles. The summed E-state index contributed by atoms with van der Waals surface area (Å²) < 4.78 is 73.0. The number of nitrogens with one attached hydrogen (secondary N) is 1. The summed E-state index contributed by atoms with van der Waals surface area (Å²) in [5.41, 5.74) is -1.72. The highest BCUT2D eigenvalue weighted by Crippen LogP contribution is 2.37. The van der Waals surface area contributed by atoms with Crippen molar-refractivity contribution in [1.82, 2.24) is 4.31 Å². The average Bonchev–Trinajstić information content (AvgIpc) is 3.04. The van der Waals surface area contributed by atoms with Gasteiger partial charge in [0.05, 0.1) is 18.4 Å². The van der Waals surface area contributed by atoms with Gasteiger partial charge in [-0.3, -0.25) is 4.79 Å². The number of hydrogen-bond donors (Lipinski definition) is 1. The van der Waals surface area contributed by atoms with E-state index in [-0.39, 0.29) is 21.2 Å². The Labute approximate surface area is 189 Å². The van der Waals surface area contributed by atoms with Gasteiger partial charge in [-0.2, -0.15) is 17.5 Å². The highest BCUT2D eigenvalue weighted by molar-refractivity contribution is 7.89. The predicted octanol–water partition coefficient (Wildman–Crippen LogP) is 5.18. The van der Waals surface area contributed by atoms with Crippen LogP contribution in [0, 0.1) is 0 Å². The SMILES string of the molecule is COc1ccc(C(=O)Nc2ccc(Cl)cc2C(F)(F)F)cc1S(=O)(=O)N1CCCCCC1. The number of rotatable bonds is 5. The summed E-state index contributed by atoms with van der Waals surface area (Å²) in [6, 6.07) is 6.69. The van der Waals surface area contributed by atoms with Crippen molar-refractivity contribution < 1.29 is 31.1 Å². The number of anilines is 1. The third kappa shape index (κ3) is 5.36. The molecule has 1 aliphatic rings. The van der Waals surface area contributed by atoms with Crippen molar-refractivity contribution in [2.45, 2.75) is 36.8 Å². The molecule has 0 unspecified atom stereocenters. The predicted molar refractivity (Wildman–Crippen MR) is 115 cm³/mol. The van der Waals surface area contributed by atoms with Gasteiger partial charge >= 0.3 is 6.18 Å². The summed E-state index contributed by atoms with van der Waals surface area (Å²) in [4.78, 5) is 12.5. The maximum atomic E-state index is 13.3. The Bertz CT molecular complexity index is 1100. The molecule has 32 heavy (non-hydrogen) atoms. The molecule has 1 amide bonds. The van der Waals surface area contributed by atoms with E-state index in [2.05, 4.69) is 5.32 Å². The summed E-state index contributed by atoms with van der Waals surface area (Å²) in [7, 11) is -2.66. The number of methoxy groups -OCH3 is 1. The second-order valence-electron chi connectivity index (χ2n) is 7.33. The van der Waals surface area contributed by atoms with Crippen molar-refractivity contribution in [3.8, 4) is 5.75 Å². The van der Waals surface area contributed by atoms with E-state index < -0.39 is 33.4 Å². The van der Waals surface area contributed by atoms with Gasteiger partial charge in [-0.15, -0.1) is 0 Å².